The topological polar surface area (TPSA) is 56.3 Å². The van der Waals surface area contributed by atoms with Gasteiger partial charge in [-0.1, -0.05) is 48.0 Å². The third kappa shape index (κ3) is 4.58. The number of ether oxygens (including phenoxy) is 1. The van der Waals surface area contributed by atoms with Crippen LogP contribution in [0.5, 0.6) is 0 Å². The van der Waals surface area contributed by atoms with Crippen LogP contribution in [0.4, 0.5) is 0 Å². The predicted octanol–water partition coefficient (Wildman–Crippen LogP) is 6.44. The summed E-state index contributed by atoms with van der Waals surface area (Å²) in [7, 11) is 0. The number of carbonyl (C=O) groups is 2. The Bertz CT molecular complexity index is 1190. The van der Waals surface area contributed by atoms with Crippen molar-refractivity contribution < 1.29 is 14.3 Å². The minimum atomic E-state index is -0.424. The molecule has 0 saturated carbocycles. The number of rotatable bonds is 7. The first-order valence-corrected chi connectivity index (χ1v) is 10.8. The summed E-state index contributed by atoms with van der Waals surface area (Å²) in [6.45, 7) is 0.183. The Balaban J connectivity index is 1.51. The highest BCUT2D eigenvalue weighted by Crippen LogP contribution is 2.26. The smallest absolute Gasteiger partial charge is 0.338 e. The predicted molar refractivity (Wildman–Crippen MR) is 120 cm³/mol. The number of esters is 1. The van der Waals surface area contributed by atoms with Crippen LogP contribution < -0.4 is 0 Å². The van der Waals surface area contributed by atoms with Crippen molar-refractivity contribution in [3.05, 3.63) is 87.6 Å². The molecular formula is C24H18ClNO3S. The van der Waals surface area contributed by atoms with Crippen molar-refractivity contribution in [2.75, 3.05) is 6.61 Å². The van der Waals surface area contributed by atoms with Crippen LogP contribution in [-0.2, 0) is 4.74 Å². The number of aromatic nitrogens is 1. The highest BCUT2D eigenvalue weighted by molar-refractivity contribution is 7.12. The second-order valence-electron chi connectivity index (χ2n) is 6.72. The van der Waals surface area contributed by atoms with Gasteiger partial charge < -0.3 is 4.74 Å². The van der Waals surface area contributed by atoms with Crippen molar-refractivity contribution in [3.63, 3.8) is 0 Å². The molecule has 2 aromatic heterocycles. The van der Waals surface area contributed by atoms with Gasteiger partial charge in [0.1, 0.15) is 0 Å². The van der Waals surface area contributed by atoms with E-state index in [1.807, 2.05) is 47.8 Å². The molecule has 30 heavy (non-hydrogen) atoms. The molecule has 0 atom stereocenters. The standard InChI is InChI=1S/C24H18ClNO3S/c25-17-11-9-16(10-12-17)21-15-19(18-5-1-2-6-20(18)26-21)24(28)29-13-3-7-22(27)23-8-4-14-30-23/h1-2,4-6,8-12,14-15H,3,7,13H2. The van der Waals surface area contributed by atoms with Gasteiger partial charge in [-0.15, -0.1) is 11.3 Å². The third-order valence-corrected chi connectivity index (χ3v) is 5.82. The SMILES string of the molecule is O=C(CCCOC(=O)c1cc(-c2ccc(Cl)cc2)nc2ccccc12)c1cccs1. The molecule has 0 N–H and O–H groups in total. The highest BCUT2D eigenvalue weighted by atomic mass is 35.5. The second kappa shape index (κ2) is 9.20. The van der Waals surface area contributed by atoms with Crippen molar-refractivity contribution >= 4 is 45.6 Å². The molecule has 4 rings (SSSR count). The molecular weight excluding hydrogens is 418 g/mol. The van der Waals surface area contributed by atoms with Crippen LogP contribution in [0.25, 0.3) is 22.2 Å². The lowest BCUT2D eigenvalue weighted by Gasteiger charge is -2.10. The maximum atomic E-state index is 12.8. The zero-order valence-corrected chi connectivity index (χ0v) is 17.6. The van der Waals surface area contributed by atoms with Crippen LogP contribution in [0.1, 0.15) is 32.9 Å². The average Bonchev–Trinajstić information content (AvgIpc) is 3.31. The third-order valence-electron chi connectivity index (χ3n) is 4.65. The Labute approximate surface area is 183 Å². The number of hydrogen-bond donors (Lipinski definition) is 0. The summed E-state index contributed by atoms with van der Waals surface area (Å²) in [5.74, 6) is -0.354. The van der Waals surface area contributed by atoms with E-state index in [0.29, 0.717) is 34.6 Å². The Kier molecular flexibility index (Phi) is 6.21. The second-order valence-corrected chi connectivity index (χ2v) is 8.10. The van der Waals surface area contributed by atoms with Crippen LogP contribution in [0.3, 0.4) is 0 Å². The highest BCUT2D eigenvalue weighted by Gasteiger charge is 2.15. The van der Waals surface area contributed by atoms with Crippen LogP contribution in [0, 0.1) is 0 Å². The zero-order valence-electron chi connectivity index (χ0n) is 16.0. The first-order chi connectivity index (χ1) is 14.6. The minimum Gasteiger partial charge on any atom is -0.462 e. The number of pyridine rings is 1. The summed E-state index contributed by atoms with van der Waals surface area (Å²) in [4.78, 5) is 30.3. The molecule has 0 aliphatic carbocycles. The monoisotopic (exact) mass is 435 g/mol. The van der Waals surface area contributed by atoms with E-state index < -0.39 is 5.97 Å². The van der Waals surface area contributed by atoms with Gasteiger partial charge in [-0.05, 0) is 42.1 Å². The molecule has 4 aromatic rings. The summed E-state index contributed by atoms with van der Waals surface area (Å²) in [5, 5.41) is 3.24. The molecule has 0 radical (unpaired) electrons. The fourth-order valence-corrected chi connectivity index (χ4v) is 3.97. The van der Waals surface area contributed by atoms with Crippen molar-refractivity contribution in [3.8, 4) is 11.3 Å². The Morgan fingerprint density at radius 3 is 2.57 bits per heavy atom. The largest absolute Gasteiger partial charge is 0.462 e. The maximum absolute atomic E-state index is 12.8. The Hall–Kier alpha value is -3.02. The molecule has 0 spiro atoms. The maximum Gasteiger partial charge on any atom is 0.338 e. The summed E-state index contributed by atoms with van der Waals surface area (Å²) < 4.78 is 5.48. The molecule has 0 amide bonds. The molecule has 0 unspecified atom stereocenters. The normalized spacial score (nSPS) is 10.8. The van der Waals surface area contributed by atoms with Gasteiger partial charge in [-0.2, -0.15) is 0 Å². The number of Topliss-reactive ketones (excluding diaryl/α,β-unsaturated/α-hetero) is 1. The van der Waals surface area contributed by atoms with E-state index in [-0.39, 0.29) is 12.4 Å². The van der Waals surface area contributed by atoms with Crippen LogP contribution in [0.15, 0.2) is 72.1 Å². The van der Waals surface area contributed by atoms with Crippen LogP contribution >= 0.6 is 22.9 Å². The number of para-hydroxylation sites is 1. The number of nitrogens with zero attached hydrogens (tertiary/aromatic N) is 1. The van der Waals surface area contributed by atoms with E-state index in [2.05, 4.69) is 4.98 Å². The van der Waals surface area contributed by atoms with Crippen LogP contribution in [0.2, 0.25) is 5.02 Å². The molecule has 4 nitrogen and oxygen atoms in total. The van der Waals surface area contributed by atoms with E-state index in [0.717, 1.165) is 15.8 Å². The number of fused-ring (bicyclic) bond motifs is 1. The summed E-state index contributed by atoms with van der Waals surface area (Å²) in [5.41, 5.74) is 2.70. The fourth-order valence-electron chi connectivity index (χ4n) is 3.15. The van der Waals surface area contributed by atoms with Gasteiger partial charge >= 0.3 is 5.97 Å². The lowest BCUT2D eigenvalue weighted by molar-refractivity contribution is 0.0496. The quantitative estimate of drug-likeness (QED) is 0.190. The summed E-state index contributed by atoms with van der Waals surface area (Å²) in [6, 6.07) is 20.2. The van der Waals surface area contributed by atoms with Crippen molar-refractivity contribution in [1.29, 1.82) is 0 Å². The molecule has 0 aliphatic rings. The first-order valence-electron chi connectivity index (χ1n) is 9.51. The molecule has 0 aliphatic heterocycles. The Morgan fingerprint density at radius 1 is 1.00 bits per heavy atom. The van der Waals surface area contributed by atoms with E-state index in [9.17, 15) is 9.59 Å². The van der Waals surface area contributed by atoms with E-state index in [1.165, 1.54) is 11.3 Å². The number of hydrogen-bond acceptors (Lipinski definition) is 5. The Morgan fingerprint density at radius 2 is 1.80 bits per heavy atom. The van der Waals surface area contributed by atoms with E-state index >= 15 is 0 Å². The van der Waals surface area contributed by atoms with Gasteiger partial charge in [0.05, 0.1) is 28.3 Å². The minimum absolute atomic E-state index is 0.0698. The van der Waals surface area contributed by atoms with Gasteiger partial charge in [0, 0.05) is 22.4 Å². The van der Waals surface area contributed by atoms with Crippen molar-refractivity contribution in [1.82, 2.24) is 4.98 Å². The number of benzene rings is 2. The number of carbonyl (C=O) groups excluding carboxylic acids is 2. The lowest BCUT2D eigenvalue weighted by atomic mass is 10.0. The number of thiophene rings is 1. The first kappa shape index (κ1) is 20.3. The summed E-state index contributed by atoms with van der Waals surface area (Å²) in [6.07, 6.45) is 0.830. The van der Waals surface area contributed by atoms with Gasteiger partial charge in [-0.3, -0.25) is 4.79 Å². The number of ketones is 1. The van der Waals surface area contributed by atoms with Crippen molar-refractivity contribution in [2.24, 2.45) is 0 Å². The average molecular weight is 436 g/mol. The molecule has 0 saturated heterocycles. The van der Waals surface area contributed by atoms with Crippen LogP contribution in [-0.4, -0.2) is 23.3 Å². The van der Waals surface area contributed by atoms with Gasteiger partial charge in [-0.25, -0.2) is 9.78 Å². The van der Waals surface area contributed by atoms with E-state index in [1.54, 1.807) is 24.3 Å². The zero-order chi connectivity index (χ0) is 20.9. The molecule has 0 bridgehead atoms. The molecule has 2 aromatic carbocycles. The van der Waals surface area contributed by atoms with Gasteiger partial charge in [0.2, 0.25) is 0 Å². The molecule has 6 heteroatoms. The van der Waals surface area contributed by atoms with Gasteiger partial charge in [0.15, 0.2) is 5.78 Å². The fraction of sp³-hybridized carbons (Fsp3) is 0.125. The molecule has 2 heterocycles. The molecule has 0 fully saturated rings. The van der Waals surface area contributed by atoms with Gasteiger partial charge in [0.25, 0.3) is 0 Å². The lowest BCUT2D eigenvalue weighted by Crippen LogP contribution is -2.09. The van der Waals surface area contributed by atoms with Crippen molar-refractivity contribution in [2.45, 2.75) is 12.8 Å². The number of halogens is 1. The summed E-state index contributed by atoms with van der Waals surface area (Å²) >= 11 is 7.41. The molecule has 150 valence electrons. The van der Waals surface area contributed by atoms with E-state index in [4.69, 9.17) is 16.3 Å².